The van der Waals surface area contributed by atoms with Gasteiger partial charge in [-0.1, -0.05) is 38.5 Å². The highest BCUT2D eigenvalue weighted by molar-refractivity contribution is 8.00. The Morgan fingerprint density at radius 1 is 1.47 bits per heavy atom. The summed E-state index contributed by atoms with van der Waals surface area (Å²) in [7, 11) is 1.38. The number of nitrogens with one attached hydrogen (secondary N) is 1. The molecule has 0 radical (unpaired) electrons. The summed E-state index contributed by atoms with van der Waals surface area (Å²) >= 11 is 1.29. The molecule has 1 heterocycles. The number of aromatic nitrogens is 3. The standard InChI is InChI=1S/C12H21N3O3S/c1-4-6-7-9(10(16)18-3)19-12-14-13-11(17)15(12)8-5-2/h9H,4-8H2,1-3H3,(H,13,17). The van der Waals surface area contributed by atoms with Crippen molar-refractivity contribution in [2.45, 2.75) is 56.5 Å². The Hall–Kier alpha value is -1.24. The fraction of sp³-hybridized carbons (Fsp3) is 0.750. The predicted octanol–water partition coefficient (Wildman–Crippen LogP) is 1.81. The van der Waals surface area contributed by atoms with Crippen LogP contribution in [0.25, 0.3) is 0 Å². The van der Waals surface area contributed by atoms with Gasteiger partial charge in [0, 0.05) is 6.54 Å². The van der Waals surface area contributed by atoms with E-state index in [4.69, 9.17) is 4.74 Å². The first kappa shape index (κ1) is 15.8. The van der Waals surface area contributed by atoms with E-state index in [9.17, 15) is 9.59 Å². The number of aromatic amines is 1. The van der Waals surface area contributed by atoms with Gasteiger partial charge in [-0.25, -0.2) is 9.89 Å². The van der Waals surface area contributed by atoms with E-state index in [0.717, 1.165) is 25.7 Å². The van der Waals surface area contributed by atoms with Crippen LogP contribution < -0.4 is 5.69 Å². The van der Waals surface area contributed by atoms with Gasteiger partial charge >= 0.3 is 11.7 Å². The van der Waals surface area contributed by atoms with Crippen molar-refractivity contribution in [3.8, 4) is 0 Å². The van der Waals surface area contributed by atoms with E-state index in [1.54, 1.807) is 4.57 Å². The zero-order valence-electron chi connectivity index (χ0n) is 11.6. The summed E-state index contributed by atoms with van der Waals surface area (Å²) in [6, 6.07) is 0. The minimum absolute atomic E-state index is 0.233. The Kier molecular flexibility index (Phi) is 6.69. The fourth-order valence-corrected chi connectivity index (χ4v) is 2.82. The molecule has 0 aromatic carbocycles. The molecule has 0 aliphatic carbocycles. The molecule has 0 aliphatic heterocycles. The highest BCUT2D eigenvalue weighted by Gasteiger charge is 2.23. The van der Waals surface area contributed by atoms with Crippen LogP contribution in [0.3, 0.4) is 0 Å². The van der Waals surface area contributed by atoms with Crippen molar-refractivity contribution >= 4 is 17.7 Å². The second-order valence-electron chi connectivity index (χ2n) is 4.23. The molecule has 0 saturated heterocycles. The summed E-state index contributed by atoms with van der Waals surface area (Å²) in [6.45, 7) is 4.66. The van der Waals surface area contributed by atoms with Gasteiger partial charge in [0.05, 0.1) is 7.11 Å². The number of rotatable bonds is 8. The van der Waals surface area contributed by atoms with Crippen LogP contribution in [-0.2, 0) is 16.1 Å². The second-order valence-corrected chi connectivity index (χ2v) is 5.40. The lowest BCUT2D eigenvalue weighted by atomic mass is 10.2. The third-order valence-electron chi connectivity index (χ3n) is 2.70. The van der Waals surface area contributed by atoms with Crippen LogP contribution in [0.1, 0.15) is 39.5 Å². The summed E-state index contributed by atoms with van der Waals surface area (Å²) in [5.41, 5.74) is -0.233. The van der Waals surface area contributed by atoms with Crippen molar-refractivity contribution in [2.24, 2.45) is 0 Å². The first-order chi connectivity index (χ1) is 9.13. The molecule has 6 nitrogen and oxygen atoms in total. The van der Waals surface area contributed by atoms with Gasteiger partial charge in [0.1, 0.15) is 5.25 Å². The topological polar surface area (TPSA) is 77.0 Å². The number of ether oxygens (including phenoxy) is 1. The minimum atomic E-state index is -0.309. The smallest absolute Gasteiger partial charge is 0.343 e. The molecule has 0 fully saturated rings. The summed E-state index contributed by atoms with van der Waals surface area (Å²) in [4.78, 5) is 23.3. The molecular formula is C12H21N3O3S. The number of hydrogen-bond acceptors (Lipinski definition) is 5. The van der Waals surface area contributed by atoms with E-state index in [1.807, 2.05) is 6.92 Å². The highest BCUT2D eigenvalue weighted by Crippen LogP contribution is 2.25. The number of carbonyl (C=O) groups is 1. The van der Waals surface area contributed by atoms with E-state index in [-0.39, 0.29) is 16.9 Å². The van der Waals surface area contributed by atoms with Crippen LogP contribution in [0, 0.1) is 0 Å². The molecule has 1 aromatic heterocycles. The van der Waals surface area contributed by atoms with Crippen molar-refractivity contribution in [1.29, 1.82) is 0 Å². The number of esters is 1. The normalized spacial score (nSPS) is 12.4. The zero-order chi connectivity index (χ0) is 14.3. The van der Waals surface area contributed by atoms with E-state index in [2.05, 4.69) is 17.1 Å². The highest BCUT2D eigenvalue weighted by atomic mass is 32.2. The summed E-state index contributed by atoms with van der Waals surface area (Å²) in [5.74, 6) is -0.267. The maximum atomic E-state index is 11.7. The van der Waals surface area contributed by atoms with Crippen LogP contribution in [0.4, 0.5) is 0 Å². The molecular weight excluding hydrogens is 266 g/mol. The molecule has 1 unspecified atom stereocenters. The molecule has 108 valence electrons. The van der Waals surface area contributed by atoms with E-state index >= 15 is 0 Å². The van der Waals surface area contributed by atoms with Crippen LogP contribution in [-0.4, -0.2) is 33.1 Å². The van der Waals surface area contributed by atoms with Crippen LogP contribution in [0.2, 0.25) is 0 Å². The Morgan fingerprint density at radius 3 is 2.79 bits per heavy atom. The molecule has 1 N–H and O–H groups in total. The predicted molar refractivity (Wildman–Crippen MR) is 74.3 cm³/mol. The van der Waals surface area contributed by atoms with Crippen molar-refractivity contribution in [2.75, 3.05) is 7.11 Å². The van der Waals surface area contributed by atoms with Gasteiger partial charge < -0.3 is 4.74 Å². The lowest BCUT2D eigenvalue weighted by Gasteiger charge is -2.13. The molecule has 0 saturated carbocycles. The number of nitrogens with zero attached hydrogens (tertiary/aromatic N) is 2. The number of thioether (sulfide) groups is 1. The maximum Gasteiger partial charge on any atom is 0.343 e. The van der Waals surface area contributed by atoms with Crippen LogP contribution >= 0.6 is 11.8 Å². The molecule has 1 rings (SSSR count). The Labute approximate surface area is 116 Å². The number of hydrogen-bond donors (Lipinski definition) is 1. The second kappa shape index (κ2) is 8.04. The Morgan fingerprint density at radius 2 is 2.21 bits per heavy atom. The number of H-pyrrole nitrogens is 1. The molecule has 1 atom stereocenters. The van der Waals surface area contributed by atoms with Gasteiger partial charge in [-0.2, -0.15) is 0 Å². The van der Waals surface area contributed by atoms with Crippen molar-refractivity contribution in [1.82, 2.24) is 14.8 Å². The summed E-state index contributed by atoms with van der Waals surface area (Å²) < 4.78 is 6.37. The average Bonchev–Trinajstić information content (AvgIpc) is 2.75. The molecule has 19 heavy (non-hydrogen) atoms. The SMILES string of the molecule is CCCCC(Sc1n[nH]c(=O)n1CCC)C(=O)OC. The van der Waals surface area contributed by atoms with E-state index < -0.39 is 0 Å². The Balaban J connectivity index is 2.83. The fourth-order valence-electron chi connectivity index (χ4n) is 1.69. The zero-order valence-corrected chi connectivity index (χ0v) is 12.5. The van der Waals surface area contributed by atoms with Gasteiger partial charge in [0.2, 0.25) is 0 Å². The third-order valence-corrected chi connectivity index (χ3v) is 3.94. The molecule has 0 spiro atoms. The van der Waals surface area contributed by atoms with Gasteiger partial charge in [-0.3, -0.25) is 9.36 Å². The number of carbonyl (C=O) groups excluding carboxylic acids is 1. The molecule has 0 amide bonds. The molecule has 0 aliphatic rings. The van der Waals surface area contributed by atoms with E-state index in [0.29, 0.717) is 11.7 Å². The molecule has 1 aromatic rings. The van der Waals surface area contributed by atoms with Gasteiger partial charge in [-0.15, -0.1) is 5.10 Å². The van der Waals surface area contributed by atoms with Gasteiger partial charge in [-0.05, 0) is 12.8 Å². The first-order valence-corrected chi connectivity index (χ1v) is 7.41. The third kappa shape index (κ3) is 4.41. The largest absolute Gasteiger partial charge is 0.468 e. The monoisotopic (exact) mass is 287 g/mol. The van der Waals surface area contributed by atoms with Gasteiger partial charge in [0.25, 0.3) is 0 Å². The quantitative estimate of drug-likeness (QED) is 0.583. The summed E-state index contributed by atoms with van der Waals surface area (Å²) in [5, 5.41) is 6.65. The number of methoxy groups -OCH3 is 1. The lowest BCUT2D eigenvalue weighted by Crippen LogP contribution is -2.21. The van der Waals surface area contributed by atoms with E-state index in [1.165, 1.54) is 18.9 Å². The first-order valence-electron chi connectivity index (χ1n) is 6.53. The average molecular weight is 287 g/mol. The van der Waals surface area contributed by atoms with Crippen molar-refractivity contribution < 1.29 is 9.53 Å². The lowest BCUT2D eigenvalue weighted by molar-refractivity contribution is -0.140. The maximum absolute atomic E-state index is 11.7. The molecule has 0 bridgehead atoms. The van der Waals surface area contributed by atoms with Crippen LogP contribution in [0.15, 0.2) is 9.95 Å². The van der Waals surface area contributed by atoms with Crippen molar-refractivity contribution in [3.63, 3.8) is 0 Å². The number of unbranched alkanes of at least 4 members (excludes halogenated alkanes) is 1. The molecule has 7 heteroatoms. The summed E-state index contributed by atoms with van der Waals surface area (Å²) in [6.07, 6.45) is 3.51. The minimum Gasteiger partial charge on any atom is -0.468 e. The van der Waals surface area contributed by atoms with Crippen molar-refractivity contribution in [3.05, 3.63) is 10.5 Å². The van der Waals surface area contributed by atoms with Crippen LogP contribution in [0.5, 0.6) is 0 Å². The van der Waals surface area contributed by atoms with Gasteiger partial charge in [0.15, 0.2) is 5.16 Å². The Bertz CT molecular complexity index is 455.